The molecule has 1 aliphatic rings. The molecule has 0 heterocycles. The van der Waals surface area contributed by atoms with Crippen LogP contribution in [0.4, 0.5) is 0 Å². The van der Waals surface area contributed by atoms with Crippen LogP contribution in [0.5, 0.6) is 0 Å². The van der Waals surface area contributed by atoms with E-state index < -0.39 is 0 Å². The molecule has 1 unspecified atom stereocenters. The summed E-state index contributed by atoms with van der Waals surface area (Å²) >= 11 is 0. The molecule has 0 aromatic carbocycles. The molecule has 2 nitrogen and oxygen atoms in total. The molecule has 0 aromatic heterocycles. The van der Waals surface area contributed by atoms with Crippen molar-refractivity contribution in [3.8, 4) is 12.3 Å². The minimum atomic E-state index is 0.596. The fourth-order valence-corrected chi connectivity index (χ4v) is 1.65. The fourth-order valence-electron chi connectivity index (χ4n) is 1.65. The minimum absolute atomic E-state index is 0.596. The number of likely N-dealkylation sites (N-methyl/N-ethyl adjacent to an activating group) is 1. The topological polar surface area (TPSA) is 15.3 Å². The summed E-state index contributed by atoms with van der Waals surface area (Å²) in [6.07, 6.45) is 9.31. The molecule has 1 saturated carbocycles. The van der Waals surface area contributed by atoms with E-state index in [0.717, 1.165) is 12.6 Å². The Morgan fingerprint density at radius 1 is 1.62 bits per heavy atom. The van der Waals surface area contributed by atoms with E-state index in [9.17, 15) is 0 Å². The van der Waals surface area contributed by atoms with Crippen molar-refractivity contribution < 1.29 is 0 Å². The second kappa shape index (κ2) is 5.26. The Balaban J connectivity index is 2.14. The summed E-state index contributed by atoms with van der Waals surface area (Å²) in [5.74, 6) is 2.59. The quantitative estimate of drug-likeness (QED) is 0.503. The van der Waals surface area contributed by atoms with E-state index >= 15 is 0 Å². The summed E-state index contributed by atoms with van der Waals surface area (Å²) < 4.78 is 0. The van der Waals surface area contributed by atoms with Gasteiger partial charge >= 0.3 is 0 Å². The van der Waals surface area contributed by atoms with E-state index in [1.165, 1.54) is 19.3 Å². The number of hydrogen-bond acceptors (Lipinski definition) is 2. The van der Waals surface area contributed by atoms with Crippen molar-refractivity contribution in [3.05, 3.63) is 0 Å². The number of nitrogens with zero attached hydrogens (tertiary/aromatic N) is 1. The van der Waals surface area contributed by atoms with Crippen LogP contribution in [-0.2, 0) is 0 Å². The van der Waals surface area contributed by atoms with Gasteiger partial charge in [-0.15, -0.1) is 6.42 Å². The Morgan fingerprint density at radius 3 is 2.77 bits per heavy atom. The lowest BCUT2D eigenvalue weighted by molar-refractivity contribution is 0.118. The van der Waals surface area contributed by atoms with Gasteiger partial charge in [0.15, 0.2) is 0 Å². The van der Waals surface area contributed by atoms with Crippen LogP contribution < -0.4 is 5.32 Å². The molecule has 0 aliphatic heterocycles. The molecule has 0 amide bonds. The van der Waals surface area contributed by atoms with Crippen LogP contribution in [0.15, 0.2) is 0 Å². The van der Waals surface area contributed by atoms with Crippen molar-refractivity contribution in [1.29, 1.82) is 0 Å². The third kappa shape index (κ3) is 3.02. The molecule has 74 valence electrons. The Morgan fingerprint density at radius 2 is 2.31 bits per heavy atom. The first-order valence-electron chi connectivity index (χ1n) is 5.12. The molecule has 13 heavy (non-hydrogen) atoms. The summed E-state index contributed by atoms with van der Waals surface area (Å²) in [4.78, 5) is 2.47. The minimum Gasteiger partial charge on any atom is -0.305 e. The number of rotatable bonds is 5. The Labute approximate surface area is 81.7 Å². The molecule has 0 bridgehead atoms. The summed E-state index contributed by atoms with van der Waals surface area (Å²) in [5, 5.41) is 3.24. The van der Waals surface area contributed by atoms with Gasteiger partial charge in [0.1, 0.15) is 0 Å². The maximum Gasteiger partial charge on any atom is 0.0574 e. The SMILES string of the molecule is C#CCNCC(C)N(C)C1CCC1. The van der Waals surface area contributed by atoms with Gasteiger partial charge in [0, 0.05) is 18.6 Å². The highest BCUT2D eigenvalue weighted by molar-refractivity contribution is 4.88. The maximum atomic E-state index is 5.16. The van der Waals surface area contributed by atoms with E-state index in [-0.39, 0.29) is 0 Å². The molecule has 0 spiro atoms. The smallest absolute Gasteiger partial charge is 0.0574 e. The molecule has 1 rings (SSSR count). The molecule has 0 radical (unpaired) electrons. The van der Waals surface area contributed by atoms with Crippen LogP contribution in [0, 0.1) is 12.3 Å². The molecule has 1 fully saturated rings. The fraction of sp³-hybridized carbons (Fsp3) is 0.818. The van der Waals surface area contributed by atoms with Crippen molar-refractivity contribution >= 4 is 0 Å². The van der Waals surface area contributed by atoms with Gasteiger partial charge in [-0.05, 0) is 26.8 Å². The molecule has 1 N–H and O–H groups in total. The van der Waals surface area contributed by atoms with Gasteiger partial charge in [-0.3, -0.25) is 4.90 Å². The first kappa shape index (κ1) is 10.6. The molecule has 2 heteroatoms. The summed E-state index contributed by atoms with van der Waals surface area (Å²) in [5.41, 5.74) is 0. The maximum absolute atomic E-state index is 5.16. The number of nitrogens with one attached hydrogen (secondary N) is 1. The monoisotopic (exact) mass is 180 g/mol. The zero-order valence-corrected chi connectivity index (χ0v) is 8.71. The average molecular weight is 180 g/mol. The molecule has 0 saturated heterocycles. The predicted octanol–water partition coefficient (Wildman–Crippen LogP) is 1.08. The molecular weight excluding hydrogens is 160 g/mol. The second-order valence-corrected chi connectivity index (χ2v) is 3.93. The average Bonchev–Trinajstić information content (AvgIpc) is 2.01. The van der Waals surface area contributed by atoms with Gasteiger partial charge in [0.05, 0.1) is 6.54 Å². The standard InChI is InChI=1S/C11H20N2/c1-4-8-12-9-10(2)13(3)11-6-5-7-11/h1,10-12H,5-9H2,2-3H3. The van der Waals surface area contributed by atoms with Gasteiger partial charge in [0.2, 0.25) is 0 Å². The largest absolute Gasteiger partial charge is 0.305 e. The van der Waals surface area contributed by atoms with E-state index in [4.69, 9.17) is 6.42 Å². The van der Waals surface area contributed by atoms with Crippen molar-refractivity contribution in [2.75, 3.05) is 20.1 Å². The highest BCUT2D eigenvalue weighted by atomic mass is 15.2. The van der Waals surface area contributed by atoms with E-state index in [2.05, 4.69) is 30.1 Å². The summed E-state index contributed by atoms with van der Waals surface area (Å²) in [6, 6.07) is 1.42. The Kier molecular flexibility index (Phi) is 4.27. The number of hydrogen-bond donors (Lipinski definition) is 1. The molecular formula is C11H20N2. The number of terminal acetylenes is 1. The van der Waals surface area contributed by atoms with Crippen molar-refractivity contribution in [1.82, 2.24) is 10.2 Å². The molecule has 0 aromatic rings. The first-order chi connectivity index (χ1) is 6.25. The van der Waals surface area contributed by atoms with Gasteiger partial charge in [0.25, 0.3) is 0 Å². The molecule has 1 aliphatic carbocycles. The van der Waals surface area contributed by atoms with Crippen LogP contribution in [0.2, 0.25) is 0 Å². The third-order valence-electron chi connectivity index (χ3n) is 3.01. The van der Waals surface area contributed by atoms with Crippen LogP contribution in [-0.4, -0.2) is 37.1 Å². The third-order valence-corrected chi connectivity index (χ3v) is 3.01. The second-order valence-electron chi connectivity index (χ2n) is 3.93. The zero-order valence-electron chi connectivity index (χ0n) is 8.71. The normalized spacial score (nSPS) is 19.5. The highest BCUT2D eigenvalue weighted by Gasteiger charge is 2.24. The zero-order chi connectivity index (χ0) is 9.68. The summed E-state index contributed by atoms with van der Waals surface area (Å²) in [6.45, 7) is 3.93. The van der Waals surface area contributed by atoms with Crippen molar-refractivity contribution in [2.45, 2.75) is 38.3 Å². The van der Waals surface area contributed by atoms with Gasteiger partial charge in [-0.25, -0.2) is 0 Å². The predicted molar refractivity (Wildman–Crippen MR) is 56.6 cm³/mol. The van der Waals surface area contributed by atoms with Gasteiger partial charge in [-0.1, -0.05) is 12.3 Å². The lowest BCUT2D eigenvalue weighted by Gasteiger charge is -2.38. The lowest BCUT2D eigenvalue weighted by Crippen LogP contribution is -2.46. The van der Waals surface area contributed by atoms with Crippen molar-refractivity contribution in [3.63, 3.8) is 0 Å². The van der Waals surface area contributed by atoms with E-state index in [0.29, 0.717) is 12.6 Å². The van der Waals surface area contributed by atoms with Crippen LogP contribution in [0.3, 0.4) is 0 Å². The van der Waals surface area contributed by atoms with E-state index in [1.54, 1.807) is 0 Å². The first-order valence-corrected chi connectivity index (χ1v) is 5.12. The summed E-state index contributed by atoms with van der Waals surface area (Å²) in [7, 11) is 2.21. The van der Waals surface area contributed by atoms with Crippen LogP contribution in [0.25, 0.3) is 0 Å². The Hall–Kier alpha value is -0.520. The van der Waals surface area contributed by atoms with Crippen molar-refractivity contribution in [2.24, 2.45) is 0 Å². The van der Waals surface area contributed by atoms with E-state index in [1.807, 2.05) is 0 Å². The lowest BCUT2D eigenvalue weighted by atomic mass is 9.91. The van der Waals surface area contributed by atoms with Crippen LogP contribution >= 0.6 is 0 Å². The highest BCUT2D eigenvalue weighted by Crippen LogP contribution is 2.24. The van der Waals surface area contributed by atoms with Crippen LogP contribution in [0.1, 0.15) is 26.2 Å². The Bertz CT molecular complexity index is 179. The van der Waals surface area contributed by atoms with Gasteiger partial charge in [-0.2, -0.15) is 0 Å². The van der Waals surface area contributed by atoms with Gasteiger partial charge < -0.3 is 5.32 Å². The molecule has 1 atom stereocenters.